The Hall–Kier alpha value is -0.650. The van der Waals surface area contributed by atoms with Gasteiger partial charge in [0, 0.05) is 14.2 Å². The van der Waals surface area contributed by atoms with E-state index in [4.69, 9.17) is 4.74 Å². The van der Waals surface area contributed by atoms with Gasteiger partial charge < -0.3 is 14.7 Å². The number of nitrogens with zero attached hydrogens (tertiary/aromatic N) is 2. The van der Waals surface area contributed by atoms with E-state index >= 15 is 0 Å². The van der Waals surface area contributed by atoms with Crippen molar-refractivity contribution in [2.24, 2.45) is 0 Å². The van der Waals surface area contributed by atoms with Crippen LogP contribution in [0.3, 0.4) is 0 Å². The molecule has 5 heteroatoms. The number of aliphatic hydroxyl groups excluding tert-OH is 1. The maximum Gasteiger partial charge on any atom is 0.185 e. The van der Waals surface area contributed by atoms with Crippen molar-refractivity contribution in [1.82, 2.24) is 4.98 Å². The molecule has 4 nitrogen and oxygen atoms in total. The molecular weight excluding hydrogens is 236 g/mol. The Labute approximate surface area is 106 Å². The first-order valence-corrected chi connectivity index (χ1v) is 6.84. The lowest BCUT2D eigenvalue weighted by Gasteiger charge is -2.23. The highest BCUT2D eigenvalue weighted by atomic mass is 32.1. The van der Waals surface area contributed by atoms with E-state index in [1.165, 1.54) is 0 Å². The third-order valence-corrected chi connectivity index (χ3v) is 4.57. The summed E-state index contributed by atoms with van der Waals surface area (Å²) in [4.78, 5) is 7.82. The van der Waals surface area contributed by atoms with E-state index in [-0.39, 0.29) is 6.10 Å². The highest BCUT2D eigenvalue weighted by molar-refractivity contribution is 7.15. The summed E-state index contributed by atoms with van der Waals surface area (Å²) in [6.07, 6.45) is 2.59. The van der Waals surface area contributed by atoms with E-state index in [9.17, 15) is 5.11 Å². The Morgan fingerprint density at radius 2 is 2.41 bits per heavy atom. The molecule has 2 rings (SSSR count). The topological polar surface area (TPSA) is 45.6 Å². The zero-order chi connectivity index (χ0) is 12.4. The molecule has 96 valence electrons. The minimum absolute atomic E-state index is 0.296. The number of aromatic nitrogens is 1. The van der Waals surface area contributed by atoms with Gasteiger partial charge in [-0.2, -0.15) is 0 Å². The van der Waals surface area contributed by atoms with Gasteiger partial charge in [-0.3, -0.25) is 0 Å². The first-order chi connectivity index (χ1) is 8.13. The largest absolute Gasteiger partial charge is 0.388 e. The Balaban J connectivity index is 2.17. The fraction of sp³-hybridized carbons (Fsp3) is 0.750. The van der Waals surface area contributed by atoms with Crippen LogP contribution in [-0.2, 0) is 11.2 Å². The van der Waals surface area contributed by atoms with Crippen molar-refractivity contribution < 1.29 is 9.84 Å². The van der Waals surface area contributed by atoms with Gasteiger partial charge in [-0.15, -0.1) is 0 Å². The fourth-order valence-corrected chi connectivity index (χ4v) is 3.27. The van der Waals surface area contributed by atoms with Crippen LogP contribution in [0.15, 0.2) is 0 Å². The molecule has 1 N–H and O–H groups in total. The monoisotopic (exact) mass is 256 g/mol. The zero-order valence-electron chi connectivity index (χ0n) is 10.6. The minimum atomic E-state index is -0.309. The van der Waals surface area contributed by atoms with Crippen LogP contribution in [0.5, 0.6) is 0 Å². The number of thiazole rings is 1. The number of hydrogen-bond acceptors (Lipinski definition) is 5. The molecule has 0 aromatic carbocycles. The van der Waals surface area contributed by atoms with Crippen molar-refractivity contribution in [2.45, 2.75) is 38.3 Å². The van der Waals surface area contributed by atoms with Crippen molar-refractivity contribution in [3.63, 3.8) is 0 Å². The van der Waals surface area contributed by atoms with E-state index < -0.39 is 0 Å². The molecule has 1 aromatic heterocycles. The standard InChI is InChI=1S/C12H20N2O2S/c1-8(7-16-3)14(2)12-13-9-5-4-6-10(15)11(9)17-12/h8,10,15H,4-7H2,1-3H3. The predicted molar refractivity (Wildman–Crippen MR) is 69.8 cm³/mol. The van der Waals surface area contributed by atoms with Crippen molar-refractivity contribution in [3.05, 3.63) is 10.6 Å². The quantitative estimate of drug-likeness (QED) is 0.895. The van der Waals surface area contributed by atoms with Gasteiger partial charge in [0.25, 0.3) is 0 Å². The normalized spacial score (nSPS) is 21.1. The average Bonchev–Trinajstić information content (AvgIpc) is 2.73. The van der Waals surface area contributed by atoms with E-state index in [1.807, 2.05) is 7.05 Å². The molecule has 0 aliphatic heterocycles. The molecule has 2 unspecified atom stereocenters. The van der Waals surface area contributed by atoms with Crippen molar-refractivity contribution in [3.8, 4) is 0 Å². The van der Waals surface area contributed by atoms with Crippen LogP contribution in [0.25, 0.3) is 0 Å². The lowest BCUT2D eigenvalue weighted by atomic mass is 10.0. The molecule has 0 bridgehead atoms. The van der Waals surface area contributed by atoms with Gasteiger partial charge in [0.2, 0.25) is 0 Å². The van der Waals surface area contributed by atoms with Gasteiger partial charge in [-0.25, -0.2) is 4.98 Å². The lowest BCUT2D eigenvalue weighted by Crippen LogP contribution is -2.32. The molecule has 2 atom stereocenters. The van der Waals surface area contributed by atoms with Gasteiger partial charge in [-0.1, -0.05) is 11.3 Å². The number of aliphatic hydroxyl groups is 1. The number of hydrogen-bond donors (Lipinski definition) is 1. The highest BCUT2D eigenvalue weighted by Gasteiger charge is 2.24. The molecule has 17 heavy (non-hydrogen) atoms. The summed E-state index contributed by atoms with van der Waals surface area (Å²) in [5.41, 5.74) is 1.08. The van der Waals surface area contributed by atoms with E-state index in [2.05, 4.69) is 16.8 Å². The van der Waals surface area contributed by atoms with Crippen LogP contribution < -0.4 is 4.90 Å². The first kappa shape index (κ1) is 12.8. The SMILES string of the molecule is COCC(C)N(C)c1nc2c(s1)C(O)CCC2. The molecule has 0 fully saturated rings. The summed E-state index contributed by atoms with van der Waals surface area (Å²) in [5.74, 6) is 0. The van der Waals surface area contributed by atoms with Gasteiger partial charge in [0.15, 0.2) is 5.13 Å². The third-order valence-electron chi connectivity index (χ3n) is 3.28. The van der Waals surface area contributed by atoms with E-state index in [0.29, 0.717) is 12.6 Å². The number of methoxy groups -OCH3 is 1. The summed E-state index contributed by atoms with van der Waals surface area (Å²) in [5, 5.41) is 10.9. The maximum absolute atomic E-state index is 9.93. The van der Waals surface area contributed by atoms with Crippen LogP contribution in [0, 0.1) is 0 Å². The Bertz CT molecular complexity index is 381. The number of anilines is 1. The molecule has 1 aromatic rings. The third kappa shape index (κ3) is 2.61. The zero-order valence-corrected chi connectivity index (χ0v) is 11.5. The lowest BCUT2D eigenvalue weighted by molar-refractivity contribution is 0.160. The summed E-state index contributed by atoms with van der Waals surface area (Å²) in [6, 6.07) is 0.296. The van der Waals surface area contributed by atoms with Crippen LogP contribution in [0.4, 0.5) is 5.13 Å². The summed E-state index contributed by atoms with van der Waals surface area (Å²) >= 11 is 1.61. The van der Waals surface area contributed by atoms with Crippen LogP contribution in [0.1, 0.15) is 36.4 Å². The predicted octanol–water partition coefficient (Wildman–Crippen LogP) is 1.98. The molecule has 0 saturated carbocycles. The summed E-state index contributed by atoms with van der Waals surface area (Å²) < 4.78 is 5.16. The van der Waals surface area contributed by atoms with Gasteiger partial charge in [0.05, 0.1) is 29.3 Å². The van der Waals surface area contributed by atoms with E-state index in [0.717, 1.165) is 35.0 Å². The Morgan fingerprint density at radius 3 is 3.06 bits per heavy atom. The summed E-state index contributed by atoms with van der Waals surface area (Å²) in [7, 11) is 3.74. The Morgan fingerprint density at radius 1 is 1.65 bits per heavy atom. The number of aryl methyl sites for hydroxylation is 1. The first-order valence-electron chi connectivity index (χ1n) is 6.03. The van der Waals surface area contributed by atoms with E-state index in [1.54, 1.807) is 18.4 Å². The molecule has 0 saturated heterocycles. The molecule has 0 radical (unpaired) electrons. The van der Waals surface area contributed by atoms with Gasteiger partial charge >= 0.3 is 0 Å². The second-order valence-electron chi connectivity index (χ2n) is 4.63. The molecule has 1 aliphatic carbocycles. The fourth-order valence-electron chi connectivity index (χ4n) is 2.08. The molecular formula is C12H20N2O2S. The van der Waals surface area contributed by atoms with Crippen molar-refractivity contribution >= 4 is 16.5 Å². The Kier molecular flexibility index (Phi) is 4.01. The molecule has 0 amide bonds. The van der Waals surface area contributed by atoms with Crippen LogP contribution in [0.2, 0.25) is 0 Å². The average molecular weight is 256 g/mol. The van der Waals surface area contributed by atoms with Gasteiger partial charge in [0.1, 0.15) is 0 Å². The van der Waals surface area contributed by atoms with Gasteiger partial charge in [-0.05, 0) is 26.2 Å². The molecule has 0 spiro atoms. The second kappa shape index (κ2) is 5.33. The molecule has 1 heterocycles. The number of rotatable bonds is 4. The van der Waals surface area contributed by atoms with Crippen LogP contribution in [-0.4, -0.2) is 36.9 Å². The maximum atomic E-state index is 9.93. The number of fused-ring (bicyclic) bond motifs is 1. The van der Waals surface area contributed by atoms with Crippen LogP contribution >= 0.6 is 11.3 Å². The number of likely N-dealkylation sites (N-methyl/N-ethyl adjacent to an activating group) is 1. The smallest absolute Gasteiger partial charge is 0.185 e. The summed E-state index contributed by atoms with van der Waals surface area (Å²) in [6.45, 7) is 2.80. The minimum Gasteiger partial charge on any atom is -0.388 e. The van der Waals surface area contributed by atoms with Crippen molar-refractivity contribution in [1.29, 1.82) is 0 Å². The second-order valence-corrected chi connectivity index (χ2v) is 5.64. The number of ether oxygens (including phenoxy) is 1. The molecule has 1 aliphatic rings. The highest BCUT2D eigenvalue weighted by Crippen LogP contribution is 2.37. The van der Waals surface area contributed by atoms with Crippen molar-refractivity contribution in [2.75, 3.05) is 25.7 Å².